The Bertz CT molecular complexity index is 1210. The zero-order chi connectivity index (χ0) is 22.0. The molecule has 8 nitrogen and oxygen atoms in total. The molecule has 0 fully saturated rings. The lowest BCUT2D eigenvalue weighted by atomic mass is 10.3. The van der Waals surface area contributed by atoms with Crippen LogP contribution in [0.1, 0.15) is 33.4 Å². The topological polar surface area (TPSA) is 95.1 Å². The van der Waals surface area contributed by atoms with E-state index in [1.165, 1.54) is 4.68 Å². The average Bonchev–Trinajstić information content (AvgIpc) is 3.33. The van der Waals surface area contributed by atoms with Crippen molar-refractivity contribution in [1.29, 1.82) is 0 Å². The summed E-state index contributed by atoms with van der Waals surface area (Å²) in [5.41, 5.74) is 2.35. The summed E-state index contributed by atoms with van der Waals surface area (Å²) in [6.07, 6.45) is 0. The van der Waals surface area contributed by atoms with Crippen LogP contribution in [0.4, 0.5) is 5.82 Å². The molecule has 0 saturated carbocycles. The van der Waals surface area contributed by atoms with Crippen molar-refractivity contribution in [3.05, 3.63) is 81.6 Å². The van der Waals surface area contributed by atoms with Crippen molar-refractivity contribution in [1.82, 2.24) is 19.7 Å². The van der Waals surface area contributed by atoms with Crippen molar-refractivity contribution in [2.24, 2.45) is 0 Å². The molecule has 31 heavy (non-hydrogen) atoms. The first-order valence-corrected chi connectivity index (χ1v) is 10.3. The number of nitrogens with one attached hydrogen (secondary N) is 1. The number of aryl methyl sites for hydroxylation is 3. The van der Waals surface area contributed by atoms with Crippen LogP contribution in [-0.4, -0.2) is 25.7 Å². The highest BCUT2D eigenvalue weighted by atomic mass is 79.9. The lowest BCUT2D eigenvalue weighted by molar-refractivity contribution is 0.0992. The quantitative estimate of drug-likeness (QED) is 0.425. The molecule has 0 aliphatic carbocycles. The lowest BCUT2D eigenvalue weighted by Gasteiger charge is -2.08. The van der Waals surface area contributed by atoms with Gasteiger partial charge in [-0.05, 0) is 63.2 Å². The maximum atomic E-state index is 12.7. The number of carbonyl (C=O) groups excluding carboxylic acids is 1. The van der Waals surface area contributed by atoms with Crippen molar-refractivity contribution in [3.63, 3.8) is 0 Å². The van der Waals surface area contributed by atoms with Gasteiger partial charge in [0.25, 0.3) is 11.9 Å². The molecule has 0 aliphatic heterocycles. The molecular formula is C22H20BrN5O3. The van der Waals surface area contributed by atoms with Gasteiger partial charge in [0.1, 0.15) is 23.9 Å². The van der Waals surface area contributed by atoms with Gasteiger partial charge in [0, 0.05) is 21.9 Å². The Kier molecular flexibility index (Phi) is 5.85. The zero-order valence-electron chi connectivity index (χ0n) is 17.2. The SMILES string of the molecule is Cc1cc(C)nc(-n2nc(C)cc2NC(=O)c2ccc(COc3ccc(Br)cc3)o2)n1. The molecule has 0 unspecified atom stereocenters. The number of carbonyl (C=O) groups is 1. The second kappa shape index (κ2) is 8.73. The Morgan fingerprint density at radius 1 is 1.03 bits per heavy atom. The Morgan fingerprint density at radius 3 is 2.45 bits per heavy atom. The third-order valence-corrected chi connectivity index (χ3v) is 4.84. The van der Waals surface area contributed by atoms with Gasteiger partial charge in [0.15, 0.2) is 5.76 Å². The molecule has 3 heterocycles. The third kappa shape index (κ3) is 5.00. The second-order valence-electron chi connectivity index (χ2n) is 7.00. The minimum atomic E-state index is -0.402. The van der Waals surface area contributed by atoms with Crippen LogP contribution >= 0.6 is 15.9 Å². The van der Waals surface area contributed by atoms with E-state index in [1.807, 2.05) is 51.1 Å². The van der Waals surface area contributed by atoms with Gasteiger partial charge < -0.3 is 14.5 Å². The van der Waals surface area contributed by atoms with Crippen LogP contribution in [0.25, 0.3) is 5.95 Å². The summed E-state index contributed by atoms with van der Waals surface area (Å²) in [5.74, 6) is 1.86. The molecule has 9 heteroatoms. The number of nitrogens with zero attached hydrogens (tertiary/aromatic N) is 4. The number of hydrogen-bond acceptors (Lipinski definition) is 6. The van der Waals surface area contributed by atoms with Crippen molar-refractivity contribution >= 4 is 27.7 Å². The fourth-order valence-corrected chi connectivity index (χ4v) is 3.25. The van der Waals surface area contributed by atoms with E-state index < -0.39 is 5.91 Å². The van der Waals surface area contributed by atoms with Crippen LogP contribution in [0.5, 0.6) is 5.75 Å². The molecule has 4 aromatic rings. The van der Waals surface area contributed by atoms with Crippen LogP contribution in [0, 0.1) is 20.8 Å². The maximum absolute atomic E-state index is 12.7. The highest BCUT2D eigenvalue weighted by Crippen LogP contribution is 2.20. The van der Waals surface area contributed by atoms with Crippen LogP contribution < -0.4 is 10.1 Å². The van der Waals surface area contributed by atoms with Crippen LogP contribution in [0.3, 0.4) is 0 Å². The molecule has 1 amide bonds. The molecule has 0 saturated heterocycles. The average molecular weight is 482 g/mol. The molecule has 0 aliphatic rings. The van der Waals surface area contributed by atoms with E-state index in [1.54, 1.807) is 18.2 Å². The van der Waals surface area contributed by atoms with Gasteiger partial charge >= 0.3 is 0 Å². The monoisotopic (exact) mass is 481 g/mol. The zero-order valence-corrected chi connectivity index (χ0v) is 18.8. The van der Waals surface area contributed by atoms with Crippen molar-refractivity contribution in [2.75, 3.05) is 5.32 Å². The summed E-state index contributed by atoms with van der Waals surface area (Å²) in [4.78, 5) is 21.6. The summed E-state index contributed by atoms with van der Waals surface area (Å²) in [6, 6.07) is 14.4. The molecule has 0 bridgehead atoms. The van der Waals surface area contributed by atoms with Gasteiger partial charge in [0.2, 0.25) is 0 Å². The summed E-state index contributed by atoms with van der Waals surface area (Å²) < 4.78 is 13.8. The molecular weight excluding hydrogens is 462 g/mol. The summed E-state index contributed by atoms with van der Waals surface area (Å²) in [6.45, 7) is 5.81. The summed E-state index contributed by atoms with van der Waals surface area (Å²) in [7, 11) is 0. The molecule has 158 valence electrons. The third-order valence-electron chi connectivity index (χ3n) is 4.31. The van der Waals surface area contributed by atoms with Crippen LogP contribution in [0.15, 0.2) is 57.4 Å². The van der Waals surface area contributed by atoms with Crippen LogP contribution in [-0.2, 0) is 6.61 Å². The van der Waals surface area contributed by atoms with E-state index in [4.69, 9.17) is 9.15 Å². The smallest absolute Gasteiger partial charge is 0.292 e. The van der Waals surface area contributed by atoms with E-state index >= 15 is 0 Å². The number of amides is 1. The first-order valence-electron chi connectivity index (χ1n) is 9.55. The summed E-state index contributed by atoms with van der Waals surface area (Å²) >= 11 is 3.38. The fraction of sp³-hybridized carbons (Fsp3) is 0.182. The van der Waals surface area contributed by atoms with Gasteiger partial charge in [-0.2, -0.15) is 9.78 Å². The van der Waals surface area contributed by atoms with Crippen molar-refractivity contribution in [3.8, 4) is 11.7 Å². The number of hydrogen-bond donors (Lipinski definition) is 1. The normalized spacial score (nSPS) is 10.8. The minimum Gasteiger partial charge on any atom is -0.486 e. The minimum absolute atomic E-state index is 0.168. The van der Waals surface area contributed by atoms with Crippen molar-refractivity contribution < 1.29 is 13.9 Å². The number of ether oxygens (including phenoxy) is 1. The van der Waals surface area contributed by atoms with E-state index in [-0.39, 0.29) is 12.4 Å². The van der Waals surface area contributed by atoms with Crippen LogP contribution in [0.2, 0.25) is 0 Å². The highest BCUT2D eigenvalue weighted by Gasteiger charge is 2.17. The predicted molar refractivity (Wildman–Crippen MR) is 119 cm³/mol. The van der Waals surface area contributed by atoms with E-state index in [2.05, 4.69) is 36.3 Å². The number of benzene rings is 1. The Morgan fingerprint density at radius 2 is 1.74 bits per heavy atom. The molecule has 1 N–H and O–H groups in total. The molecule has 3 aromatic heterocycles. The largest absolute Gasteiger partial charge is 0.486 e. The van der Waals surface area contributed by atoms with E-state index in [0.29, 0.717) is 23.3 Å². The van der Waals surface area contributed by atoms with Gasteiger partial charge in [-0.15, -0.1) is 0 Å². The second-order valence-corrected chi connectivity index (χ2v) is 7.91. The molecule has 0 radical (unpaired) electrons. The summed E-state index contributed by atoms with van der Waals surface area (Å²) in [5, 5.41) is 7.23. The predicted octanol–water partition coefficient (Wildman–Crippen LogP) is 4.77. The first-order chi connectivity index (χ1) is 14.9. The van der Waals surface area contributed by atoms with Gasteiger partial charge in [0.05, 0.1) is 5.69 Å². The number of aromatic nitrogens is 4. The Labute approximate surface area is 187 Å². The highest BCUT2D eigenvalue weighted by molar-refractivity contribution is 9.10. The van der Waals surface area contributed by atoms with Gasteiger partial charge in [-0.25, -0.2) is 9.97 Å². The maximum Gasteiger partial charge on any atom is 0.292 e. The van der Waals surface area contributed by atoms with Gasteiger partial charge in [-0.3, -0.25) is 4.79 Å². The van der Waals surface area contributed by atoms with Crippen molar-refractivity contribution in [2.45, 2.75) is 27.4 Å². The number of furan rings is 1. The number of halogens is 1. The van der Waals surface area contributed by atoms with E-state index in [0.717, 1.165) is 21.6 Å². The molecule has 0 atom stereocenters. The van der Waals surface area contributed by atoms with Gasteiger partial charge in [-0.1, -0.05) is 15.9 Å². The molecule has 1 aromatic carbocycles. The lowest BCUT2D eigenvalue weighted by Crippen LogP contribution is -2.16. The molecule has 0 spiro atoms. The first kappa shape index (κ1) is 20.8. The fourth-order valence-electron chi connectivity index (χ4n) is 2.98. The Hall–Kier alpha value is -3.46. The number of rotatable bonds is 6. The standard InChI is InChI=1S/C22H20BrN5O3/c1-13-10-14(2)25-22(24-13)28-20(11-15(3)27-28)26-21(29)19-9-8-18(31-19)12-30-17-6-4-16(23)5-7-17/h4-11H,12H2,1-3H3,(H,26,29). The molecule has 4 rings (SSSR count). The Balaban J connectivity index is 1.47. The van der Waals surface area contributed by atoms with E-state index in [9.17, 15) is 4.79 Å². The number of anilines is 1.